The normalized spacial score (nSPS) is 19.5. The molecule has 0 amide bonds. The van der Waals surface area contributed by atoms with Gasteiger partial charge in [-0.1, -0.05) is 6.92 Å². The first-order valence-corrected chi connectivity index (χ1v) is 7.10. The van der Waals surface area contributed by atoms with Gasteiger partial charge in [0.1, 0.15) is 5.82 Å². The van der Waals surface area contributed by atoms with Crippen molar-refractivity contribution in [3.8, 4) is 0 Å². The lowest BCUT2D eigenvalue weighted by molar-refractivity contribution is 0.197. The summed E-state index contributed by atoms with van der Waals surface area (Å²) in [6.45, 7) is 6.10. The zero-order chi connectivity index (χ0) is 13.5. The van der Waals surface area contributed by atoms with Crippen molar-refractivity contribution in [1.29, 1.82) is 0 Å². The molecule has 1 fully saturated rings. The molecule has 2 rings (SSSR count). The molecule has 1 aliphatic heterocycles. The molecule has 1 unspecified atom stereocenters. The molecule has 1 aliphatic rings. The topological polar surface area (TPSA) is 50.3 Å². The van der Waals surface area contributed by atoms with Crippen LogP contribution in [-0.2, 0) is 4.74 Å². The average Bonchev–Trinajstić information content (AvgIpc) is 2.44. The van der Waals surface area contributed by atoms with E-state index < -0.39 is 0 Å². The Morgan fingerprint density at radius 2 is 2.42 bits per heavy atom. The van der Waals surface area contributed by atoms with E-state index in [1.54, 1.807) is 7.11 Å². The first kappa shape index (κ1) is 14.1. The summed E-state index contributed by atoms with van der Waals surface area (Å²) in [6, 6.07) is 2.00. The van der Waals surface area contributed by atoms with Crippen molar-refractivity contribution in [1.82, 2.24) is 9.97 Å². The molecule has 1 aromatic rings. The molecular formula is C14H24N4O. The van der Waals surface area contributed by atoms with Crippen LogP contribution in [0.25, 0.3) is 0 Å². The standard InChI is InChI=1S/C14H24N4O/c1-12-5-3-9-18(11-12)13-6-8-16-14(17-13)15-7-4-10-19-2/h6,8,12H,3-5,7,9-11H2,1-2H3,(H,15,16,17). The zero-order valence-corrected chi connectivity index (χ0v) is 11.9. The summed E-state index contributed by atoms with van der Waals surface area (Å²) in [5.41, 5.74) is 0. The molecule has 0 saturated carbocycles. The number of ether oxygens (including phenoxy) is 1. The highest BCUT2D eigenvalue weighted by atomic mass is 16.5. The van der Waals surface area contributed by atoms with E-state index >= 15 is 0 Å². The Morgan fingerprint density at radius 1 is 1.53 bits per heavy atom. The molecule has 0 spiro atoms. The van der Waals surface area contributed by atoms with E-state index in [4.69, 9.17) is 4.74 Å². The van der Waals surface area contributed by atoms with E-state index in [1.807, 2.05) is 12.3 Å². The molecule has 1 N–H and O–H groups in total. The summed E-state index contributed by atoms with van der Waals surface area (Å²) in [7, 11) is 1.72. The number of piperidine rings is 1. The van der Waals surface area contributed by atoms with Gasteiger partial charge in [-0.2, -0.15) is 4.98 Å². The molecule has 2 heterocycles. The van der Waals surface area contributed by atoms with Gasteiger partial charge >= 0.3 is 0 Å². The highest BCUT2D eigenvalue weighted by Crippen LogP contribution is 2.21. The van der Waals surface area contributed by atoms with Crippen molar-refractivity contribution >= 4 is 11.8 Å². The van der Waals surface area contributed by atoms with Crippen molar-refractivity contribution < 1.29 is 4.74 Å². The van der Waals surface area contributed by atoms with Gasteiger partial charge in [0, 0.05) is 39.5 Å². The van der Waals surface area contributed by atoms with Crippen LogP contribution in [0.2, 0.25) is 0 Å². The molecule has 1 atom stereocenters. The number of nitrogens with zero attached hydrogens (tertiary/aromatic N) is 3. The first-order valence-electron chi connectivity index (χ1n) is 7.10. The second-order valence-electron chi connectivity index (χ2n) is 5.20. The molecular weight excluding hydrogens is 240 g/mol. The average molecular weight is 264 g/mol. The van der Waals surface area contributed by atoms with E-state index in [2.05, 4.69) is 27.1 Å². The number of nitrogens with one attached hydrogen (secondary N) is 1. The highest BCUT2D eigenvalue weighted by Gasteiger charge is 2.17. The molecule has 1 aromatic heterocycles. The Labute approximate surface area is 115 Å². The smallest absolute Gasteiger partial charge is 0.224 e. The minimum absolute atomic E-state index is 0.715. The Bertz CT molecular complexity index is 385. The van der Waals surface area contributed by atoms with Gasteiger partial charge in [-0.05, 0) is 31.2 Å². The van der Waals surface area contributed by atoms with Gasteiger partial charge in [-0.3, -0.25) is 0 Å². The van der Waals surface area contributed by atoms with Crippen molar-refractivity contribution in [2.75, 3.05) is 43.6 Å². The third-order valence-electron chi connectivity index (χ3n) is 3.43. The van der Waals surface area contributed by atoms with Crippen molar-refractivity contribution in [3.05, 3.63) is 12.3 Å². The highest BCUT2D eigenvalue weighted by molar-refractivity contribution is 5.42. The van der Waals surface area contributed by atoms with Crippen LogP contribution in [0.15, 0.2) is 12.3 Å². The molecule has 5 nitrogen and oxygen atoms in total. The fraction of sp³-hybridized carbons (Fsp3) is 0.714. The number of hydrogen-bond donors (Lipinski definition) is 1. The summed E-state index contributed by atoms with van der Waals surface area (Å²) in [5.74, 6) is 2.50. The van der Waals surface area contributed by atoms with Gasteiger partial charge in [0.15, 0.2) is 0 Å². The van der Waals surface area contributed by atoms with E-state index in [0.29, 0.717) is 5.95 Å². The summed E-state index contributed by atoms with van der Waals surface area (Å²) < 4.78 is 5.02. The summed E-state index contributed by atoms with van der Waals surface area (Å²) in [6.07, 6.45) is 5.37. The first-order chi connectivity index (χ1) is 9.29. The van der Waals surface area contributed by atoms with Gasteiger partial charge in [-0.15, -0.1) is 0 Å². The third kappa shape index (κ3) is 4.35. The van der Waals surface area contributed by atoms with Crippen LogP contribution in [0.3, 0.4) is 0 Å². The van der Waals surface area contributed by atoms with Crippen LogP contribution in [-0.4, -0.2) is 43.3 Å². The number of rotatable bonds is 6. The van der Waals surface area contributed by atoms with Gasteiger partial charge in [0.2, 0.25) is 5.95 Å². The molecule has 0 bridgehead atoms. The second kappa shape index (κ2) is 7.28. The summed E-state index contributed by atoms with van der Waals surface area (Å²) in [5, 5.41) is 3.24. The summed E-state index contributed by atoms with van der Waals surface area (Å²) >= 11 is 0. The van der Waals surface area contributed by atoms with Crippen LogP contribution < -0.4 is 10.2 Å². The Hall–Kier alpha value is -1.36. The Morgan fingerprint density at radius 3 is 3.21 bits per heavy atom. The number of methoxy groups -OCH3 is 1. The Kier molecular flexibility index (Phi) is 5.39. The van der Waals surface area contributed by atoms with Gasteiger partial charge in [-0.25, -0.2) is 4.98 Å². The van der Waals surface area contributed by atoms with E-state index in [0.717, 1.165) is 44.4 Å². The molecule has 0 aliphatic carbocycles. The second-order valence-corrected chi connectivity index (χ2v) is 5.20. The molecule has 0 radical (unpaired) electrons. The van der Waals surface area contributed by atoms with Gasteiger partial charge in [0.25, 0.3) is 0 Å². The fourth-order valence-corrected chi connectivity index (χ4v) is 2.42. The number of hydrogen-bond acceptors (Lipinski definition) is 5. The van der Waals surface area contributed by atoms with Crippen molar-refractivity contribution in [2.24, 2.45) is 5.92 Å². The van der Waals surface area contributed by atoms with Crippen LogP contribution in [0.1, 0.15) is 26.2 Å². The molecule has 106 valence electrons. The minimum atomic E-state index is 0.715. The van der Waals surface area contributed by atoms with Gasteiger partial charge in [0.05, 0.1) is 0 Å². The molecule has 19 heavy (non-hydrogen) atoms. The maximum atomic E-state index is 5.02. The SMILES string of the molecule is COCCCNc1nccc(N2CCCC(C)C2)n1. The maximum absolute atomic E-state index is 5.02. The zero-order valence-electron chi connectivity index (χ0n) is 11.9. The number of aromatic nitrogens is 2. The predicted molar refractivity (Wildman–Crippen MR) is 77.6 cm³/mol. The summed E-state index contributed by atoms with van der Waals surface area (Å²) in [4.78, 5) is 11.2. The van der Waals surface area contributed by atoms with E-state index in [9.17, 15) is 0 Å². The van der Waals surface area contributed by atoms with Crippen LogP contribution >= 0.6 is 0 Å². The third-order valence-corrected chi connectivity index (χ3v) is 3.43. The molecule has 1 saturated heterocycles. The largest absolute Gasteiger partial charge is 0.385 e. The predicted octanol–water partition coefficient (Wildman–Crippen LogP) is 2.16. The van der Waals surface area contributed by atoms with E-state index in [-0.39, 0.29) is 0 Å². The van der Waals surface area contributed by atoms with E-state index in [1.165, 1.54) is 12.8 Å². The maximum Gasteiger partial charge on any atom is 0.224 e. The van der Waals surface area contributed by atoms with Crippen LogP contribution in [0.5, 0.6) is 0 Å². The lowest BCUT2D eigenvalue weighted by Gasteiger charge is -2.31. The van der Waals surface area contributed by atoms with Crippen molar-refractivity contribution in [2.45, 2.75) is 26.2 Å². The molecule has 5 heteroatoms. The lowest BCUT2D eigenvalue weighted by Crippen LogP contribution is -2.34. The van der Waals surface area contributed by atoms with Crippen molar-refractivity contribution in [3.63, 3.8) is 0 Å². The number of anilines is 2. The van der Waals surface area contributed by atoms with Gasteiger partial charge < -0.3 is 15.0 Å². The van der Waals surface area contributed by atoms with Crippen LogP contribution in [0, 0.1) is 5.92 Å². The fourth-order valence-electron chi connectivity index (χ4n) is 2.42. The lowest BCUT2D eigenvalue weighted by atomic mass is 10.0. The van der Waals surface area contributed by atoms with Crippen LogP contribution in [0.4, 0.5) is 11.8 Å². The minimum Gasteiger partial charge on any atom is -0.385 e. The monoisotopic (exact) mass is 264 g/mol. The quantitative estimate of drug-likeness (QED) is 0.798. The Balaban J connectivity index is 1.90. The molecule has 0 aromatic carbocycles.